The van der Waals surface area contributed by atoms with Crippen LogP contribution >= 0.6 is 0 Å². The van der Waals surface area contributed by atoms with Gasteiger partial charge in [0.25, 0.3) is 5.91 Å². The lowest BCUT2D eigenvalue weighted by atomic mass is 10.2. The van der Waals surface area contributed by atoms with Gasteiger partial charge in [-0.25, -0.2) is 15.0 Å². The summed E-state index contributed by atoms with van der Waals surface area (Å²) in [4.78, 5) is 27.5. The fourth-order valence-corrected chi connectivity index (χ4v) is 3.55. The van der Waals surface area contributed by atoms with E-state index in [0.29, 0.717) is 24.1 Å². The van der Waals surface area contributed by atoms with Gasteiger partial charge in [-0.15, -0.1) is 0 Å². The number of imidazole rings is 1. The zero-order chi connectivity index (χ0) is 17.2. The van der Waals surface area contributed by atoms with E-state index in [0.717, 1.165) is 38.3 Å². The molecule has 1 amide bonds. The zero-order valence-electron chi connectivity index (χ0n) is 14.4. The van der Waals surface area contributed by atoms with E-state index >= 15 is 0 Å². The van der Waals surface area contributed by atoms with Crippen LogP contribution in [0, 0.1) is 0 Å². The van der Waals surface area contributed by atoms with Gasteiger partial charge in [0.2, 0.25) is 0 Å². The highest BCUT2D eigenvalue weighted by molar-refractivity contribution is 5.92. The van der Waals surface area contributed by atoms with E-state index in [1.54, 1.807) is 12.4 Å². The molecule has 0 radical (unpaired) electrons. The van der Waals surface area contributed by atoms with E-state index < -0.39 is 0 Å². The van der Waals surface area contributed by atoms with Crippen molar-refractivity contribution in [1.82, 2.24) is 29.7 Å². The maximum atomic E-state index is 12.5. The van der Waals surface area contributed by atoms with E-state index in [2.05, 4.69) is 37.1 Å². The first-order valence-corrected chi connectivity index (χ1v) is 8.83. The molecule has 0 bridgehead atoms. The molecule has 8 heteroatoms. The second kappa shape index (κ2) is 6.79. The molecule has 1 saturated heterocycles. The summed E-state index contributed by atoms with van der Waals surface area (Å²) in [6.45, 7) is 5.43. The molecule has 0 saturated carbocycles. The number of amides is 1. The highest BCUT2D eigenvalue weighted by Crippen LogP contribution is 2.34. The van der Waals surface area contributed by atoms with Crippen molar-refractivity contribution in [2.45, 2.75) is 31.8 Å². The van der Waals surface area contributed by atoms with Crippen LogP contribution in [0.3, 0.4) is 0 Å². The number of aromatic nitrogens is 4. The van der Waals surface area contributed by atoms with Gasteiger partial charge in [0.05, 0.1) is 18.4 Å². The third-order valence-electron chi connectivity index (χ3n) is 4.88. The first-order valence-electron chi connectivity index (χ1n) is 8.83. The summed E-state index contributed by atoms with van der Waals surface area (Å²) in [5.74, 6) is 1.64. The molecular formula is C17H23N7O. The lowest BCUT2D eigenvalue weighted by molar-refractivity contribution is 0.0760. The van der Waals surface area contributed by atoms with Gasteiger partial charge in [-0.3, -0.25) is 4.79 Å². The number of carbonyl (C=O) groups excluding carboxylic acids is 1. The van der Waals surface area contributed by atoms with Gasteiger partial charge >= 0.3 is 0 Å². The average molecular weight is 341 g/mol. The lowest BCUT2D eigenvalue weighted by Gasteiger charge is -2.19. The summed E-state index contributed by atoms with van der Waals surface area (Å²) < 4.78 is 2.18. The van der Waals surface area contributed by atoms with Crippen molar-refractivity contribution in [1.29, 1.82) is 0 Å². The van der Waals surface area contributed by atoms with E-state index in [1.807, 2.05) is 17.3 Å². The van der Waals surface area contributed by atoms with E-state index in [4.69, 9.17) is 0 Å². The third kappa shape index (κ3) is 3.21. The van der Waals surface area contributed by atoms with E-state index in [-0.39, 0.29) is 11.9 Å². The maximum Gasteiger partial charge on any atom is 0.274 e. The summed E-state index contributed by atoms with van der Waals surface area (Å²) in [6.07, 6.45) is 8.96. The largest absolute Gasteiger partial charge is 0.359 e. The predicted molar refractivity (Wildman–Crippen MR) is 93.3 cm³/mol. The molecule has 132 valence electrons. The van der Waals surface area contributed by atoms with Crippen LogP contribution in [-0.2, 0) is 0 Å². The normalized spacial score (nSPS) is 23.2. The van der Waals surface area contributed by atoms with Crippen molar-refractivity contribution < 1.29 is 4.79 Å². The van der Waals surface area contributed by atoms with E-state index in [9.17, 15) is 4.79 Å². The van der Waals surface area contributed by atoms with Crippen molar-refractivity contribution in [2.24, 2.45) is 0 Å². The summed E-state index contributed by atoms with van der Waals surface area (Å²) >= 11 is 0. The van der Waals surface area contributed by atoms with Crippen LogP contribution in [-0.4, -0.2) is 56.5 Å². The first kappa shape index (κ1) is 16.0. The van der Waals surface area contributed by atoms with Crippen molar-refractivity contribution >= 4 is 11.7 Å². The highest BCUT2D eigenvalue weighted by Gasteiger charge is 2.29. The molecule has 2 N–H and O–H groups in total. The molecule has 8 nitrogen and oxygen atoms in total. The Kier molecular flexibility index (Phi) is 4.35. The van der Waals surface area contributed by atoms with Gasteiger partial charge in [0.15, 0.2) is 0 Å². The quantitative estimate of drug-likeness (QED) is 0.873. The SMILES string of the molecule is CC1CC(Nc2cnc(C(=O)N3CCCNCC3)cn2)c2nccn21. The minimum absolute atomic E-state index is 0.0484. The van der Waals surface area contributed by atoms with Gasteiger partial charge in [0, 0.05) is 38.1 Å². The summed E-state index contributed by atoms with van der Waals surface area (Å²) in [7, 11) is 0. The molecule has 1 fully saturated rings. The molecule has 4 rings (SSSR count). The van der Waals surface area contributed by atoms with Crippen molar-refractivity contribution in [3.8, 4) is 0 Å². The number of fused-ring (bicyclic) bond motifs is 1. The average Bonchev–Trinajstić information content (AvgIpc) is 3.10. The molecule has 2 aromatic rings. The molecule has 2 aromatic heterocycles. The van der Waals surface area contributed by atoms with E-state index in [1.165, 1.54) is 0 Å². The van der Waals surface area contributed by atoms with Crippen LogP contribution in [0.5, 0.6) is 0 Å². The Morgan fingerprint density at radius 1 is 1.24 bits per heavy atom. The van der Waals surface area contributed by atoms with Crippen molar-refractivity contribution in [3.05, 3.63) is 36.3 Å². The number of anilines is 1. The van der Waals surface area contributed by atoms with Crippen LogP contribution in [0.2, 0.25) is 0 Å². The minimum Gasteiger partial charge on any atom is -0.359 e. The van der Waals surface area contributed by atoms with Gasteiger partial charge in [-0.1, -0.05) is 0 Å². The fraction of sp³-hybridized carbons (Fsp3) is 0.529. The molecule has 0 aromatic carbocycles. The zero-order valence-corrected chi connectivity index (χ0v) is 14.4. The molecule has 2 aliphatic heterocycles. The summed E-state index contributed by atoms with van der Waals surface area (Å²) in [6, 6.07) is 0.540. The standard InChI is InChI=1S/C17H23N7O/c1-12-9-13(16-19-5-8-24(12)16)22-15-11-20-14(10-21-15)17(25)23-6-2-3-18-4-7-23/h5,8,10-13,18H,2-4,6-7,9H2,1H3,(H,21,22). The van der Waals surface area contributed by atoms with Crippen LogP contribution in [0.1, 0.15) is 48.2 Å². The Labute approximate surface area is 146 Å². The molecule has 0 spiro atoms. The summed E-state index contributed by atoms with van der Waals surface area (Å²) in [5.41, 5.74) is 0.397. The smallest absolute Gasteiger partial charge is 0.274 e. The lowest BCUT2D eigenvalue weighted by Crippen LogP contribution is -2.34. The maximum absolute atomic E-state index is 12.5. The van der Waals surface area contributed by atoms with Gasteiger partial charge in [0.1, 0.15) is 17.3 Å². The molecular weight excluding hydrogens is 318 g/mol. The minimum atomic E-state index is -0.0484. The predicted octanol–water partition coefficient (Wildman–Crippen LogP) is 1.23. The highest BCUT2D eigenvalue weighted by atomic mass is 16.2. The number of nitrogens with zero attached hydrogens (tertiary/aromatic N) is 5. The summed E-state index contributed by atoms with van der Waals surface area (Å²) in [5, 5.41) is 6.67. The van der Waals surface area contributed by atoms with Crippen LogP contribution in [0.15, 0.2) is 24.8 Å². The third-order valence-corrected chi connectivity index (χ3v) is 4.88. The molecule has 0 aliphatic carbocycles. The second-order valence-electron chi connectivity index (χ2n) is 6.66. The molecule has 25 heavy (non-hydrogen) atoms. The molecule has 2 atom stereocenters. The number of hydrogen-bond acceptors (Lipinski definition) is 6. The Balaban J connectivity index is 1.43. The van der Waals surface area contributed by atoms with Crippen LogP contribution in [0.4, 0.5) is 5.82 Å². The number of nitrogens with one attached hydrogen (secondary N) is 2. The molecule has 2 unspecified atom stereocenters. The van der Waals surface area contributed by atoms with Crippen molar-refractivity contribution in [2.75, 3.05) is 31.5 Å². The Bertz CT molecular complexity index is 734. The number of rotatable bonds is 3. The van der Waals surface area contributed by atoms with Crippen LogP contribution in [0.25, 0.3) is 0 Å². The van der Waals surface area contributed by atoms with Gasteiger partial charge < -0.3 is 20.1 Å². The molecule has 2 aliphatic rings. The molecule has 4 heterocycles. The van der Waals surface area contributed by atoms with Gasteiger partial charge in [-0.05, 0) is 26.3 Å². The van der Waals surface area contributed by atoms with Crippen molar-refractivity contribution in [3.63, 3.8) is 0 Å². The Hall–Kier alpha value is -2.48. The second-order valence-corrected chi connectivity index (χ2v) is 6.66. The Morgan fingerprint density at radius 2 is 2.16 bits per heavy atom. The Morgan fingerprint density at radius 3 is 3.00 bits per heavy atom. The number of carbonyl (C=O) groups is 1. The monoisotopic (exact) mass is 341 g/mol. The van der Waals surface area contributed by atoms with Gasteiger partial charge in [-0.2, -0.15) is 0 Å². The van der Waals surface area contributed by atoms with Crippen LogP contribution < -0.4 is 10.6 Å². The number of hydrogen-bond donors (Lipinski definition) is 2. The fourth-order valence-electron chi connectivity index (χ4n) is 3.55. The topological polar surface area (TPSA) is 88.0 Å². The first-order chi connectivity index (χ1) is 12.2.